The molecule has 1 aliphatic heterocycles. The Morgan fingerprint density at radius 2 is 1.43 bits per heavy atom. The molecule has 0 bridgehead atoms. The van der Waals surface area contributed by atoms with Gasteiger partial charge in [-0.25, -0.2) is 14.8 Å². The average molecular weight is 639 g/mol. The Balaban J connectivity index is 2.05. The first-order valence-corrected chi connectivity index (χ1v) is 13.8. The van der Waals surface area contributed by atoms with Crippen LogP contribution < -0.4 is 4.90 Å². The van der Waals surface area contributed by atoms with Crippen molar-refractivity contribution in [3.05, 3.63) is 51.8 Å². The molecule has 1 amide bonds. The van der Waals surface area contributed by atoms with Gasteiger partial charge in [-0.3, -0.25) is 0 Å². The van der Waals surface area contributed by atoms with Crippen molar-refractivity contribution in [2.45, 2.75) is 103 Å². The first-order chi connectivity index (χ1) is 18.4. The highest BCUT2D eigenvalue weighted by Gasteiger charge is 2.42. The predicted molar refractivity (Wildman–Crippen MR) is 142 cm³/mol. The minimum atomic E-state index is -4.96. The number of nitrogens with zero attached hydrogens (tertiary/aromatic N) is 4. The predicted octanol–water partition coefficient (Wildman–Crippen LogP) is 8.24. The number of likely N-dealkylation sites (tertiary alicyclic amines) is 1. The quantitative estimate of drug-likeness (QED) is 0.298. The molecule has 2 unspecified atom stereocenters. The van der Waals surface area contributed by atoms with E-state index in [4.69, 9.17) is 4.74 Å². The largest absolute Gasteiger partial charge is 0.444 e. The second-order valence-electron chi connectivity index (χ2n) is 10.9. The topological polar surface area (TPSA) is 58.6 Å². The summed E-state index contributed by atoms with van der Waals surface area (Å²) >= 11 is 3.26. The summed E-state index contributed by atoms with van der Waals surface area (Å²) in [5.41, 5.74) is -3.65. The number of rotatable bonds is 6. The number of hydrogen-bond acceptors (Lipinski definition) is 5. The standard InChI is InChI=1S/C27H33BrF6N4O2/c1-6-20-11-22(12-21(7-2)38(20)24(39)40-25(3,4)5)37(23-35-13-19(28)14-36-23)15-16-8-17(26(29,30)31)10-18(9-16)27(32,33)34/h8-10,13-14,20-22H,6-7,11-12,15H2,1-5H3/t20-,21?,22?/m1/s1. The van der Waals surface area contributed by atoms with Crippen molar-refractivity contribution in [2.24, 2.45) is 0 Å². The number of hydrogen-bond donors (Lipinski definition) is 0. The van der Waals surface area contributed by atoms with E-state index in [1.165, 1.54) is 12.4 Å². The van der Waals surface area contributed by atoms with Crippen molar-refractivity contribution < 1.29 is 35.9 Å². The SMILES string of the molecule is CCC1CC(N(Cc2cc(C(F)(F)F)cc(C(F)(F)F)c2)c2ncc(Br)cn2)C[C@@H](CC)N1C(=O)OC(C)(C)C. The fourth-order valence-electron chi connectivity index (χ4n) is 4.97. The Morgan fingerprint density at radius 1 is 0.950 bits per heavy atom. The van der Waals surface area contributed by atoms with Gasteiger partial charge in [0.1, 0.15) is 5.60 Å². The molecule has 0 N–H and O–H groups in total. The molecular formula is C27H33BrF6N4O2. The van der Waals surface area contributed by atoms with Crippen molar-refractivity contribution in [1.29, 1.82) is 0 Å². The van der Waals surface area contributed by atoms with E-state index in [9.17, 15) is 31.1 Å². The van der Waals surface area contributed by atoms with Gasteiger partial charge in [-0.15, -0.1) is 0 Å². The van der Waals surface area contributed by atoms with E-state index in [1.807, 2.05) is 13.8 Å². The van der Waals surface area contributed by atoms with Crippen LogP contribution in [-0.2, 0) is 23.6 Å². The highest BCUT2D eigenvalue weighted by Crippen LogP contribution is 2.38. The van der Waals surface area contributed by atoms with Crippen LogP contribution in [0.3, 0.4) is 0 Å². The first kappa shape index (κ1) is 32.0. The molecular weight excluding hydrogens is 606 g/mol. The number of alkyl halides is 6. The van der Waals surface area contributed by atoms with Crippen LogP contribution in [-0.4, -0.2) is 44.7 Å². The molecule has 3 atom stereocenters. The van der Waals surface area contributed by atoms with Crippen LogP contribution in [0.2, 0.25) is 0 Å². The van der Waals surface area contributed by atoms with Gasteiger partial charge in [-0.1, -0.05) is 13.8 Å². The van der Waals surface area contributed by atoms with Gasteiger partial charge in [0, 0.05) is 37.1 Å². The first-order valence-electron chi connectivity index (χ1n) is 13.0. The molecule has 2 heterocycles. The Morgan fingerprint density at radius 3 is 1.82 bits per heavy atom. The van der Waals surface area contributed by atoms with Gasteiger partial charge in [0.15, 0.2) is 0 Å². The third kappa shape index (κ3) is 8.01. The lowest BCUT2D eigenvalue weighted by Gasteiger charge is -2.48. The number of amides is 1. The van der Waals surface area contributed by atoms with Crippen LogP contribution in [0.15, 0.2) is 35.1 Å². The summed E-state index contributed by atoms with van der Waals surface area (Å²) in [7, 11) is 0. The lowest BCUT2D eigenvalue weighted by atomic mass is 9.87. The summed E-state index contributed by atoms with van der Waals surface area (Å²) in [5.74, 6) is 0.162. The van der Waals surface area contributed by atoms with E-state index in [-0.39, 0.29) is 42.2 Å². The van der Waals surface area contributed by atoms with Gasteiger partial charge in [0.25, 0.3) is 0 Å². The summed E-state index contributed by atoms with van der Waals surface area (Å²) in [6.45, 7) is 8.86. The van der Waals surface area contributed by atoms with Crippen molar-refractivity contribution in [3.63, 3.8) is 0 Å². The van der Waals surface area contributed by atoms with E-state index >= 15 is 0 Å². The molecule has 6 nitrogen and oxygen atoms in total. The number of anilines is 1. The Bertz CT molecular complexity index is 1120. The summed E-state index contributed by atoms with van der Waals surface area (Å²) in [6, 6.07) is 0.645. The third-order valence-electron chi connectivity index (χ3n) is 6.73. The Hall–Kier alpha value is -2.57. The number of aromatic nitrogens is 2. The molecule has 1 aromatic heterocycles. The maximum Gasteiger partial charge on any atom is 0.416 e. The fraction of sp³-hybridized carbons (Fsp3) is 0.593. The van der Waals surface area contributed by atoms with E-state index in [0.717, 1.165) is 12.1 Å². The van der Waals surface area contributed by atoms with E-state index in [2.05, 4.69) is 25.9 Å². The normalized spacial score (nSPS) is 20.4. The summed E-state index contributed by atoms with van der Waals surface area (Å²) in [4.78, 5) is 25.1. The molecule has 1 saturated heterocycles. The zero-order chi connectivity index (χ0) is 30.0. The zero-order valence-corrected chi connectivity index (χ0v) is 24.5. The Labute approximate surface area is 238 Å². The van der Waals surface area contributed by atoms with Crippen LogP contribution >= 0.6 is 15.9 Å². The molecule has 0 saturated carbocycles. The van der Waals surface area contributed by atoms with Crippen LogP contribution in [0.1, 0.15) is 77.0 Å². The highest BCUT2D eigenvalue weighted by atomic mass is 79.9. The van der Waals surface area contributed by atoms with E-state index in [0.29, 0.717) is 30.2 Å². The number of halogens is 7. The van der Waals surface area contributed by atoms with E-state index in [1.54, 1.807) is 30.6 Å². The van der Waals surface area contributed by atoms with E-state index < -0.39 is 35.2 Å². The van der Waals surface area contributed by atoms with Crippen molar-refractivity contribution >= 4 is 28.0 Å². The van der Waals surface area contributed by atoms with Gasteiger partial charge in [-0.05, 0) is 86.1 Å². The van der Waals surface area contributed by atoms with Gasteiger partial charge in [0.2, 0.25) is 5.95 Å². The molecule has 0 spiro atoms. The maximum absolute atomic E-state index is 13.6. The number of piperidine rings is 1. The van der Waals surface area contributed by atoms with Crippen LogP contribution in [0.5, 0.6) is 0 Å². The second-order valence-corrected chi connectivity index (χ2v) is 11.8. The molecule has 1 aliphatic rings. The molecule has 1 fully saturated rings. The Kier molecular flexibility index (Phi) is 9.68. The van der Waals surface area contributed by atoms with Crippen LogP contribution in [0, 0.1) is 0 Å². The molecule has 3 rings (SSSR count). The van der Waals surface area contributed by atoms with Gasteiger partial charge in [-0.2, -0.15) is 26.3 Å². The minimum absolute atomic E-state index is 0.115. The van der Waals surface area contributed by atoms with Gasteiger partial charge >= 0.3 is 18.4 Å². The lowest BCUT2D eigenvalue weighted by molar-refractivity contribution is -0.143. The second kappa shape index (κ2) is 12.1. The molecule has 0 radical (unpaired) electrons. The molecule has 1 aromatic carbocycles. The molecule has 13 heteroatoms. The average Bonchev–Trinajstić information content (AvgIpc) is 2.84. The zero-order valence-electron chi connectivity index (χ0n) is 22.9. The van der Waals surface area contributed by atoms with Crippen molar-refractivity contribution in [3.8, 4) is 0 Å². The van der Waals surface area contributed by atoms with Gasteiger partial charge < -0.3 is 14.5 Å². The monoisotopic (exact) mass is 638 g/mol. The molecule has 40 heavy (non-hydrogen) atoms. The third-order valence-corrected chi connectivity index (χ3v) is 7.14. The number of ether oxygens (including phenoxy) is 1. The number of benzene rings is 1. The minimum Gasteiger partial charge on any atom is -0.444 e. The fourth-order valence-corrected chi connectivity index (χ4v) is 5.17. The summed E-state index contributed by atoms with van der Waals surface area (Å²) in [6.07, 6.45) is -5.51. The highest BCUT2D eigenvalue weighted by molar-refractivity contribution is 9.10. The number of carbonyl (C=O) groups excluding carboxylic acids is 1. The lowest BCUT2D eigenvalue weighted by Crippen LogP contribution is -2.57. The van der Waals surface area contributed by atoms with Crippen molar-refractivity contribution in [1.82, 2.24) is 14.9 Å². The van der Waals surface area contributed by atoms with Crippen LogP contribution in [0.4, 0.5) is 37.1 Å². The number of carbonyl (C=O) groups is 1. The molecule has 0 aliphatic carbocycles. The van der Waals surface area contributed by atoms with Gasteiger partial charge in [0.05, 0.1) is 15.6 Å². The smallest absolute Gasteiger partial charge is 0.416 e. The van der Waals surface area contributed by atoms with Crippen molar-refractivity contribution in [2.75, 3.05) is 4.90 Å². The van der Waals surface area contributed by atoms with Crippen LogP contribution in [0.25, 0.3) is 0 Å². The molecule has 222 valence electrons. The molecule has 2 aromatic rings. The summed E-state index contributed by atoms with van der Waals surface area (Å²) in [5, 5.41) is 0. The summed E-state index contributed by atoms with van der Waals surface area (Å²) < 4.78 is 87.6. The maximum atomic E-state index is 13.6.